The van der Waals surface area contributed by atoms with Crippen LogP contribution in [-0.4, -0.2) is 14.9 Å². The molecule has 1 aliphatic heterocycles. The monoisotopic (exact) mass is 588 g/mol. The average molecular weight is 589 g/mol. The lowest BCUT2D eigenvalue weighted by Gasteiger charge is -2.28. The molecule has 1 aliphatic rings. The maximum Gasteiger partial charge on any atom is 0.210 e. The number of aromatic nitrogens is 2. The highest BCUT2D eigenvalue weighted by Crippen LogP contribution is 2.46. The van der Waals surface area contributed by atoms with Gasteiger partial charge in [-0.15, -0.1) is 0 Å². The smallest absolute Gasteiger partial charge is 0.210 e. The van der Waals surface area contributed by atoms with Crippen LogP contribution in [0, 0.1) is 0 Å². The SMILES string of the molecule is c1ccc(-c2c3c4ccccc4n(C4=Nc5ccccc5C(c5ccccc5)N4)c3n3c4ccccc4c4ccccc4c23)cc1. The highest BCUT2D eigenvalue weighted by atomic mass is 15.3. The molecule has 216 valence electrons. The van der Waals surface area contributed by atoms with Crippen LogP contribution in [0.4, 0.5) is 5.69 Å². The quantitative estimate of drug-likeness (QED) is 0.200. The van der Waals surface area contributed by atoms with Crippen molar-refractivity contribution in [3.63, 3.8) is 0 Å². The molecule has 3 aromatic heterocycles. The number of rotatable bonds is 2. The van der Waals surface area contributed by atoms with Gasteiger partial charge in [0, 0.05) is 32.7 Å². The summed E-state index contributed by atoms with van der Waals surface area (Å²) in [6.07, 6.45) is 0. The number of para-hydroxylation sites is 3. The van der Waals surface area contributed by atoms with E-state index in [0.29, 0.717) is 0 Å². The molecule has 1 atom stereocenters. The van der Waals surface area contributed by atoms with Gasteiger partial charge >= 0.3 is 0 Å². The van der Waals surface area contributed by atoms with E-state index in [-0.39, 0.29) is 6.04 Å². The van der Waals surface area contributed by atoms with E-state index < -0.39 is 0 Å². The van der Waals surface area contributed by atoms with E-state index in [1.165, 1.54) is 60.2 Å². The first-order valence-corrected chi connectivity index (χ1v) is 15.8. The lowest BCUT2D eigenvalue weighted by molar-refractivity contribution is 0.730. The number of hydrogen-bond acceptors (Lipinski definition) is 2. The molecule has 9 aromatic rings. The summed E-state index contributed by atoms with van der Waals surface area (Å²) in [6, 6.07) is 56.4. The van der Waals surface area contributed by atoms with Crippen molar-refractivity contribution >= 4 is 60.8 Å². The normalized spacial score (nSPS) is 14.6. The van der Waals surface area contributed by atoms with E-state index in [1.54, 1.807) is 0 Å². The summed E-state index contributed by atoms with van der Waals surface area (Å²) in [5.74, 6) is 0.815. The third-order valence-corrected chi connectivity index (χ3v) is 9.54. The maximum atomic E-state index is 5.35. The van der Waals surface area contributed by atoms with E-state index in [2.05, 4.69) is 172 Å². The van der Waals surface area contributed by atoms with Gasteiger partial charge in [0.15, 0.2) is 0 Å². The fourth-order valence-electron chi connectivity index (χ4n) is 7.64. The minimum absolute atomic E-state index is 0.0430. The molecule has 0 aliphatic carbocycles. The average Bonchev–Trinajstić information content (AvgIpc) is 3.65. The Balaban J connectivity index is 1.43. The standard InChI is InChI=1S/C42H28N4/c1-3-15-27(16-4-1)37-38-33-23-11-14-26-36(33)46(42-43-34-24-12-9-22-32(34)39(44-42)28-17-5-2-6-18-28)41(38)45-35-25-13-10-20-30(35)29-19-7-8-21-31(29)40(37)45/h1-26,39H,(H,43,44). The zero-order valence-electron chi connectivity index (χ0n) is 24.9. The predicted octanol–water partition coefficient (Wildman–Crippen LogP) is 10.2. The van der Waals surface area contributed by atoms with Crippen molar-refractivity contribution in [2.75, 3.05) is 0 Å². The Kier molecular flexibility index (Phi) is 5.31. The van der Waals surface area contributed by atoms with Gasteiger partial charge in [0.2, 0.25) is 5.96 Å². The van der Waals surface area contributed by atoms with E-state index in [9.17, 15) is 0 Å². The van der Waals surface area contributed by atoms with Gasteiger partial charge in [-0.3, -0.25) is 8.97 Å². The predicted molar refractivity (Wildman–Crippen MR) is 191 cm³/mol. The van der Waals surface area contributed by atoms with Crippen LogP contribution in [0.2, 0.25) is 0 Å². The van der Waals surface area contributed by atoms with Gasteiger partial charge in [0.05, 0.1) is 28.3 Å². The van der Waals surface area contributed by atoms with E-state index >= 15 is 0 Å². The molecule has 10 rings (SSSR count). The number of nitrogens with zero attached hydrogens (tertiary/aromatic N) is 3. The molecule has 0 fully saturated rings. The van der Waals surface area contributed by atoms with Crippen molar-refractivity contribution in [1.29, 1.82) is 0 Å². The second kappa shape index (κ2) is 9.68. The van der Waals surface area contributed by atoms with Crippen LogP contribution in [0.3, 0.4) is 0 Å². The van der Waals surface area contributed by atoms with Crippen molar-refractivity contribution in [2.24, 2.45) is 4.99 Å². The lowest BCUT2D eigenvalue weighted by Crippen LogP contribution is -2.37. The Morgan fingerprint density at radius 2 is 1.13 bits per heavy atom. The maximum absolute atomic E-state index is 5.35. The van der Waals surface area contributed by atoms with Gasteiger partial charge < -0.3 is 5.32 Å². The van der Waals surface area contributed by atoms with E-state index in [4.69, 9.17) is 4.99 Å². The molecule has 0 saturated heterocycles. The zero-order chi connectivity index (χ0) is 30.2. The number of hydrogen-bond donors (Lipinski definition) is 1. The highest BCUT2D eigenvalue weighted by Gasteiger charge is 2.30. The number of aliphatic imine (C=N–C) groups is 1. The summed E-state index contributed by atoms with van der Waals surface area (Å²) in [5.41, 5.74) is 10.4. The van der Waals surface area contributed by atoms with Crippen molar-refractivity contribution in [2.45, 2.75) is 6.04 Å². The molecule has 0 saturated carbocycles. The molecule has 0 bridgehead atoms. The largest absolute Gasteiger partial charge is 0.344 e. The van der Waals surface area contributed by atoms with Crippen LogP contribution in [0.1, 0.15) is 17.2 Å². The summed E-state index contributed by atoms with van der Waals surface area (Å²) < 4.78 is 4.84. The summed E-state index contributed by atoms with van der Waals surface area (Å²) in [6.45, 7) is 0. The number of benzene rings is 6. The molecule has 1 N–H and O–H groups in total. The van der Waals surface area contributed by atoms with Gasteiger partial charge in [-0.1, -0.05) is 140 Å². The first kappa shape index (κ1) is 25.2. The Morgan fingerprint density at radius 1 is 0.522 bits per heavy atom. The van der Waals surface area contributed by atoms with Crippen LogP contribution in [-0.2, 0) is 0 Å². The molecular weight excluding hydrogens is 560 g/mol. The minimum Gasteiger partial charge on any atom is -0.344 e. The minimum atomic E-state index is -0.0430. The van der Waals surface area contributed by atoms with Gasteiger partial charge in [0.25, 0.3) is 0 Å². The summed E-state index contributed by atoms with van der Waals surface area (Å²) in [7, 11) is 0. The molecule has 46 heavy (non-hydrogen) atoms. The Labute approximate surface area is 265 Å². The van der Waals surface area contributed by atoms with Crippen molar-refractivity contribution in [3.05, 3.63) is 169 Å². The Hall–Kier alpha value is -6.13. The van der Waals surface area contributed by atoms with Crippen molar-refractivity contribution < 1.29 is 0 Å². The lowest BCUT2D eigenvalue weighted by atomic mass is 9.96. The Morgan fingerprint density at radius 3 is 1.93 bits per heavy atom. The van der Waals surface area contributed by atoms with Crippen LogP contribution in [0.15, 0.2) is 163 Å². The number of pyridine rings is 1. The third-order valence-electron chi connectivity index (χ3n) is 9.54. The molecule has 0 radical (unpaired) electrons. The second-order valence-corrected chi connectivity index (χ2v) is 12.0. The summed E-state index contributed by atoms with van der Waals surface area (Å²) >= 11 is 0. The van der Waals surface area contributed by atoms with Gasteiger partial charge in [-0.05, 0) is 34.7 Å². The topological polar surface area (TPSA) is 33.7 Å². The molecule has 0 amide bonds. The van der Waals surface area contributed by atoms with E-state index in [1.807, 2.05) is 0 Å². The van der Waals surface area contributed by atoms with Crippen molar-refractivity contribution in [3.8, 4) is 11.1 Å². The van der Waals surface area contributed by atoms with Crippen LogP contribution < -0.4 is 5.32 Å². The fraction of sp³-hybridized carbons (Fsp3) is 0.0238. The first-order chi connectivity index (χ1) is 22.9. The van der Waals surface area contributed by atoms with Gasteiger partial charge in [-0.2, -0.15) is 0 Å². The van der Waals surface area contributed by atoms with Crippen LogP contribution in [0.25, 0.3) is 60.3 Å². The molecule has 4 heteroatoms. The molecule has 6 aromatic carbocycles. The molecule has 4 nitrogen and oxygen atoms in total. The number of fused-ring (bicyclic) bond motifs is 11. The van der Waals surface area contributed by atoms with Crippen LogP contribution in [0.5, 0.6) is 0 Å². The van der Waals surface area contributed by atoms with E-state index in [0.717, 1.165) is 22.8 Å². The Bertz CT molecular complexity index is 2660. The first-order valence-electron chi connectivity index (χ1n) is 15.8. The van der Waals surface area contributed by atoms with Gasteiger partial charge in [0.1, 0.15) is 5.65 Å². The summed E-state index contributed by atoms with van der Waals surface area (Å²) in [5, 5.41) is 10.1. The third kappa shape index (κ3) is 3.47. The molecule has 0 spiro atoms. The van der Waals surface area contributed by atoms with Crippen molar-refractivity contribution in [1.82, 2.24) is 14.3 Å². The van der Waals surface area contributed by atoms with Crippen LogP contribution >= 0.6 is 0 Å². The highest BCUT2D eigenvalue weighted by molar-refractivity contribution is 6.28. The zero-order valence-corrected chi connectivity index (χ0v) is 24.9. The molecular formula is C42H28N4. The summed E-state index contributed by atoms with van der Waals surface area (Å²) in [4.78, 5) is 5.35. The second-order valence-electron chi connectivity index (χ2n) is 12.0. The molecule has 1 unspecified atom stereocenters. The fourth-order valence-corrected chi connectivity index (χ4v) is 7.64. The number of nitrogens with one attached hydrogen (secondary N) is 1. The molecule has 4 heterocycles. The van der Waals surface area contributed by atoms with Gasteiger partial charge in [-0.25, -0.2) is 4.99 Å².